The second-order valence-corrected chi connectivity index (χ2v) is 11.5. The third kappa shape index (κ3) is 6.12. The maximum atomic E-state index is 12.8. The Morgan fingerprint density at radius 2 is 1.66 bits per heavy atom. The monoisotopic (exact) mass is 514 g/mol. The summed E-state index contributed by atoms with van der Waals surface area (Å²) in [6.07, 6.45) is 1.11. The maximum absolute atomic E-state index is 12.8. The van der Waals surface area contributed by atoms with Crippen molar-refractivity contribution in [2.24, 2.45) is 0 Å². The van der Waals surface area contributed by atoms with Crippen molar-refractivity contribution in [3.8, 4) is 10.6 Å². The fourth-order valence-electron chi connectivity index (χ4n) is 3.72. The van der Waals surface area contributed by atoms with Crippen LogP contribution >= 0.6 is 11.3 Å². The van der Waals surface area contributed by atoms with E-state index < -0.39 is 21.7 Å². The van der Waals surface area contributed by atoms with Gasteiger partial charge in [0.25, 0.3) is 5.91 Å². The number of amides is 1. The molecule has 1 aliphatic heterocycles. The zero-order valence-corrected chi connectivity index (χ0v) is 21.0. The summed E-state index contributed by atoms with van der Waals surface area (Å²) in [5, 5.41) is 12.7. The molecule has 3 aromatic rings. The Kier molecular flexibility index (Phi) is 7.31. The number of anilines is 1. The summed E-state index contributed by atoms with van der Waals surface area (Å²) in [6.45, 7) is 4.88. The van der Waals surface area contributed by atoms with Gasteiger partial charge < -0.3 is 15.3 Å². The van der Waals surface area contributed by atoms with Gasteiger partial charge in [-0.25, -0.2) is 18.2 Å². The summed E-state index contributed by atoms with van der Waals surface area (Å²) in [7, 11) is -1.24. The first kappa shape index (κ1) is 25.0. The number of aromatic nitrogens is 1. The summed E-state index contributed by atoms with van der Waals surface area (Å²) in [5.41, 5.74) is 1.81. The number of nitrogens with one attached hydrogen (secondary N) is 1. The van der Waals surface area contributed by atoms with Gasteiger partial charge in [0.05, 0.1) is 4.90 Å². The molecule has 0 aliphatic carbocycles. The number of hydrogen-bond donors (Lipinski definition) is 2. The van der Waals surface area contributed by atoms with Gasteiger partial charge in [-0.1, -0.05) is 35.6 Å². The van der Waals surface area contributed by atoms with Gasteiger partial charge in [-0.05, 0) is 36.9 Å². The predicted molar refractivity (Wildman–Crippen MR) is 135 cm³/mol. The van der Waals surface area contributed by atoms with Gasteiger partial charge >= 0.3 is 5.97 Å². The number of aromatic carboxylic acids is 1. The number of benzene rings is 2. The highest BCUT2D eigenvalue weighted by Gasteiger charge is 2.21. The Labute approximate surface area is 207 Å². The number of thiazole rings is 1. The summed E-state index contributed by atoms with van der Waals surface area (Å²) in [5.74, 6) is -1.70. The Bertz CT molecular complexity index is 1330. The number of likely N-dealkylation sites (N-methyl/N-ethyl adjacent to an activating group) is 1. The van der Waals surface area contributed by atoms with E-state index in [-0.39, 0.29) is 15.6 Å². The normalized spacial score (nSPS) is 15.1. The third-order valence-corrected chi connectivity index (χ3v) is 7.95. The van der Waals surface area contributed by atoms with E-state index in [1.807, 2.05) is 12.1 Å². The van der Waals surface area contributed by atoms with Crippen LogP contribution < -0.4 is 5.32 Å². The standard InChI is InChI=1S/C24H26N4O5S2/c1-27-11-13-28(14-12-27)15-16-3-5-17(6-4-16)21(29)26-23-20(24(30)31)25-22(34-23)18-7-9-19(10-8-18)35(2,32)33/h3-10H,11-15H2,1-2H3,(H,26,29)(H,30,31). The number of rotatable bonds is 7. The van der Waals surface area contributed by atoms with Crippen molar-refractivity contribution in [1.82, 2.24) is 14.8 Å². The summed E-state index contributed by atoms with van der Waals surface area (Å²) < 4.78 is 23.3. The molecule has 9 nitrogen and oxygen atoms in total. The van der Waals surface area contributed by atoms with E-state index in [0.29, 0.717) is 16.1 Å². The zero-order chi connectivity index (χ0) is 25.2. The number of carbonyl (C=O) groups is 2. The smallest absolute Gasteiger partial charge is 0.357 e. The molecule has 184 valence electrons. The number of carboxylic acid groups (broad SMARTS) is 1. The second-order valence-electron chi connectivity index (χ2n) is 8.53. The van der Waals surface area contributed by atoms with Crippen LogP contribution in [0.5, 0.6) is 0 Å². The lowest BCUT2D eigenvalue weighted by Crippen LogP contribution is -2.43. The maximum Gasteiger partial charge on any atom is 0.357 e. The van der Waals surface area contributed by atoms with E-state index in [9.17, 15) is 23.1 Å². The van der Waals surface area contributed by atoms with Crippen molar-refractivity contribution in [3.63, 3.8) is 0 Å². The van der Waals surface area contributed by atoms with Crippen molar-refractivity contribution in [1.29, 1.82) is 0 Å². The van der Waals surface area contributed by atoms with E-state index in [2.05, 4.69) is 27.1 Å². The van der Waals surface area contributed by atoms with E-state index in [4.69, 9.17) is 0 Å². The number of carboxylic acids is 1. The molecule has 2 heterocycles. The van der Waals surface area contributed by atoms with Crippen LogP contribution in [0.15, 0.2) is 53.4 Å². The molecule has 4 rings (SSSR count). The minimum Gasteiger partial charge on any atom is -0.476 e. The minimum absolute atomic E-state index is 0.117. The van der Waals surface area contributed by atoms with Crippen LogP contribution in [0.4, 0.5) is 5.00 Å². The topological polar surface area (TPSA) is 120 Å². The van der Waals surface area contributed by atoms with E-state index in [1.54, 1.807) is 24.3 Å². The molecule has 1 aliphatic rings. The fraction of sp³-hybridized carbons (Fsp3) is 0.292. The van der Waals surface area contributed by atoms with Crippen LogP contribution in [0.3, 0.4) is 0 Å². The molecule has 0 unspecified atom stereocenters. The molecule has 1 aromatic heterocycles. The summed E-state index contributed by atoms with van der Waals surface area (Å²) >= 11 is 1.02. The highest BCUT2D eigenvalue weighted by Crippen LogP contribution is 2.33. The van der Waals surface area contributed by atoms with Crippen LogP contribution in [-0.4, -0.2) is 79.7 Å². The van der Waals surface area contributed by atoms with Crippen molar-refractivity contribution < 1.29 is 23.1 Å². The Morgan fingerprint density at radius 3 is 2.23 bits per heavy atom. The largest absolute Gasteiger partial charge is 0.476 e. The lowest BCUT2D eigenvalue weighted by atomic mass is 10.1. The van der Waals surface area contributed by atoms with Gasteiger partial charge in [0.15, 0.2) is 15.5 Å². The molecular weight excluding hydrogens is 488 g/mol. The van der Waals surface area contributed by atoms with Crippen LogP contribution in [0, 0.1) is 0 Å². The number of nitrogens with zero attached hydrogens (tertiary/aromatic N) is 3. The SMILES string of the molecule is CN1CCN(Cc2ccc(C(=O)Nc3sc(-c4ccc(S(C)(=O)=O)cc4)nc3C(=O)O)cc2)CC1. The van der Waals surface area contributed by atoms with Crippen LogP contribution in [-0.2, 0) is 16.4 Å². The summed E-state index contributed by atoms with van der Waals surface area (Å²) in [4.78, 5) is 33.5. The first-order chi connectivity index (χ1) is 16.6. The van der Waals surface area contributed by atoms with Gasteiger partial charge in [-0.3, -0.25) is 9.69 Å². The van der Waals surface area contributed by atoms with Gasteiger partial charge in [0.1, 0.15) is 10.0 Å². The Balaban J connectivity index is 1.48. The number of piperazine rings is 1. The van der Waals surface area contributed by atoms with Crippen molar-refractivity contribution in [2.45, 2.75) is 11.4 Å². The van der Waals surface area contributed by atoms with Gasteiger partial charge in [-0.2, -0.15) is 0 Å². The molecule has 0 atom stereocenters. The van der Waals surface area contributed by atoms with Gasteiger partial charge in [0.2, 0.25) is 0 Å². The number of hydrogen-bond acceptors (Lipinski definition) is 8. The fourth-order valence-corrected chi connectivity index (χ4v) is 5.31. The van der Waals surface area contributed by atoms with Crippen molar-refractivity contribution in [2.75, 3.05) is 44.8 Å². The molecule has 1 fully saturated rings. The molecule has 2 N–H and O–H groups in total. The molecule has 0 radical (unpaired) electrons. The molecule has 0 saturated carbocycles. The second kappa shape index (κ2) is 10.2. The average molecular weight is 515 g/mol. The van der Waals surface area contributed by atoms with Crippen molar-refractivity contribution in [3.05, 3.63) is 65.4 Å². The molecule has 2 aromatic carbocycles. The molecule has 0 spiro atoms. The lowest BCUT2D eigenvalue weighted by Gasteiger charge is -2.32. The number of sulfone groups is 1. The van der Waals surface area contributed by atoms with E-state index in [1.165, 1.54) is 12.1 Å². The summed E-state index contributed by atoms with van der Waals surface area (Å²) in [6, 6.07) is 13.3. The molecule has 11 heteroatoms. The highest BCUT2D eigenvalue weighted by molar-refractivity contribution is 7.90. The first-order valence-electron chi connectivity index (χ1n) is 11.0. The lowest BCUT2D eigenvalue weighted by molar-refractivity contribution is 0.0692. The quantitative estimate of drug-likeness (QED) is 0.494. The molecule has 35 heavy (non-hydrogen) atoms. The van der Waals surface area contributed by atoms with E-state index >= 15 is 0 Å². The van der Waals surface area contributed by atoms with Gasteiger partial charge in [0, 0.05) is 50.1 Å². The van der Waals surface area contributed by atoms with Crippen LogP contribution in [0.1, 0.15) is 26.4 Å². The van der Waals surface area contributed by atoms with Crippen molar-refractivity contribution >= 4 is 38.1 Å². The Hall–Kier alpha value is -3.12. The Morgan fingerprint density at radius 1 is 1.03 bits per heavy atom. The predicted octanol–water partition coefficient (Wildman–Crippen LogP) is 2.91. The van der Waals surface area contributed by atoms with E-state index in [0.717, 1.165) is 55.9 Å². The van der Waals surface area contributed by atoms with Crippen LogP contribution in [0.2, 0.25) is 0 Å². The third-order valence-electron chi connectivity index (χ3n) is 5.80. The van der Waals surface area contributed by atoms with Crippen LogP contribution in [0.25, 0.3) is 10.6 Å². The molecule has 1 amide bonds. The average Bonchev–Trinajstić information content (AvgIpc) is 3.24. The first-order valence-corrected chi connectivity index (χ1v) is 13.7. The zero-order valence-electron chi connectivity index (χ0n) is 19.4. The molecule has 0 bridgehead atoms. The minimum atomic E-state index is -3.35. The highest BCUT2D eigenvalue weighted by atomic mass is 32.2. The van der Waals surface area contributed by atoms with Gasteiger partial charge in [-0.15, -0.1) is 0 Å². The number of carbonyl (C=O) groups excluding carboxylic acids is 1. The molecule has 1 saturated heterocycles. The molecular formula is C24H26N4O5S2.